The first-order valence-electron chi connectivity index (χ1n) is 10.3. The van der Waals surface area contributed by atoms with Crippen molar-refractivity contribution in [1.82, 2.24) is 4.31 Å². The summed E-state index contributed by atoms with van der Waals surface area (Å²) in [5.74, 6) is -0.0508. The lowest BCUT2D eigenvalue weighted by Crippen LogP contribution is -2.35. The number of amides is 1. The number of anilines is 1. The third kappa shape index (κ3) is 5.80. The Morgan fingerprint density at radius 2 is 1.81 bits per heavy atom. The van der Waals surface area contributed by atoms with Crippen molar-refractivity contribution < 1.29 is 31.1 Å². The topological polar surface area (TPSA) is 75.7 Å². The minimum absolute atomic E-state index is 0.0400. The number of hydrogen-bond acceptors (Lipinski definition) is 4. The first kappa shape index (κ1) is 24.1. The van der Waals surface area contributed by atoms with Crippen LogP contribution in [-0.4, -0.2) is 38.8 Å². The summed E-state index contributed by atoms with van der Waals surface area (Å²) in [7, 11) is -2.20. The van der Waals surface area contributed by atoms with E-state index in [1.54, 1.807) is 6.07 Å². The molecule has 2 aromatic carbocycles. The van der Waals surface area contributed by atoms with Crippen molar-refractivity contribution in [2.45, 2.75) is 43.2 Å². The first-order chi connectivity index (χ1) is 15.1. The summed E-state index contributed by atoms with van der Waals surface area (Å²) in [6, 6.07) is 8.92. The van der Waals surface area contributed by atoms with E-state index in [2.05, 4.69) is 5.32 Å². The van der Waals surface area contributed by atoms with Gasteiger partial charge >= 0.3 is 6.18 Å². The van der Waals surface area contributed by atoms with Gasteiger partial charge in [0.05, 0.1) is 17.6 Å². The van der Waals surface area contributed by atoms with E-state index in [4.69, 9.17) is 4.74 Å². The number of alkyl halides is 3. The number of nitrogens with zero attached hydrogens (tertiary/aromatic N) is 1. The van der Waals surface area contributed by atoms with Crippen LogP contribution in [-0.2, 0) is 27.4 Å². The lowest BCUT2D eigenvalue weighted by Gasteiger charge is -2.26. The fraction of sp³-hybridized carbons (Fsp3) is 0.409. The second-order valence-electron chi connectivity index (χ2n) is 7.57. The zero-order valence-electron chi connectivity index (χ0n) is 17.6. The Morgan fingerprint density at radius 1 is 1.09 bits per heavy atom. The number of rotatable bonds is 7. The number of sulfonamides is 1. The maximum atomic E-state index is 12.9. The molecule has 0 atom stereocenters. The van der Waals surface area contributed by atoms with Gasteiger partial charge in [-0.15, -0.1) is 0 Å². The molecule has 10 heteroatoms. The van der Waals surface area contributed by atoms with Crippen LogP contribution in [0, 0.1) is 0 Å². The van der Waals surface area contributed by atoms with Crippen LogP contribution in [0.15, 0.2) is 47.4 Å². The Bertz CT molecular complexity index is 1070. The third-order valence-corrected chi connectivity index (χ3v) is 7.19. The molecule has 3 rings (SSSR count). The normalized spacial score (nSPS) is 15.4. The third-order valence-electron chi connectivity index (χ3n) is 5.30. The Kier molecular flexibility index (Phi) is 7.45. The molecule has 174 valence electrons. The molecule has 2 aromatic rings. The molecule has 0 aliphatic carbocycles. The van der Waals surface area contributed by atoms with Crippen molar-refractivity contribution in [3.05, 3.63) is 53.6 Å². The summed E-state index contributed by atoms with van der Waals surface area (Å²) in [5, 5.41) is 2.45. The number of piperidine rings is 1. The monoisotopic (exact) mass is 470 g/mol. The quantitative estimate of drug-likeness (QED) is 0.648. The highest BCUT2D eigenvalue weighted by Gasteiger charge is 2.30. The predicted octanol–water partition coefficient (Wildman–Crippen LogP) is 4.46. The number of carbonyl (C=O) groups is 1. The summed E-state index contributed by atoms with van der Waals surface area (Å²) in [4.78, 5) is 12.4. The molecule has 1 aliphatic rings. The van der Waals surface area contributed by atoms with Crippen LogP contribution in [0.25, 0.3) is 0 Å². The standard InChI is InChI=1S/C22H25F3N2O4S/c1-31-20-10-9-19(32(29,30)27-12-3-2-4-13-27)14-16(20)8-11-21(28)26-18-7-5-6-17(15-18)22(23,24)25/h5-7,9-10,14-15H,2-4,8,11-13H2,1H3,(H,26,28). The van der Waals surface area contributed by atoms with Crippen LogP contribution in [0.4, 0.5) is 18.9 Å². The van der Waals surface area contributed by atoms with Gasteiger partial charge in [0.15, 0.2) is 0 Å². The van der Waals surface area contributed by atoms with E-state index in [9.17, 15) is 26.4 Å². The Morgan fingerprint density at radius 3 is 2.47 bits per heavy atom. The fourth-order valence-corrected chi connectivity index (χ4v) is 5.18. The summed E-state index contributed by atoms with van der Waals surface area (Å²) < 4.78 is 71.2. The number of ether oxygens (including phenoxy) is 1. The number of hydrogen-bond donors (Lipinski definition) is 1. The van der Waals surface area contributed by atoms with Gasteiger partial charge in [0.25, 0.3) is 0 Å². The molecule has 1 fully saturated rings. The Hall–Kier alpha value is -2.59. The molecule has 0 bridgehead atoms. The van der Waals surface area contributed by atoms with Crippen LogP contribution in [0.2, 0.25) is 0 Å². The van der Waals surface area contributed by atoms with Crippen molar-refractivity contribution in [3.63, 3.8) is 0 Å². The van der Waals surface area contributed by atoms with E-state index in [0.29, 0.717) is 24.4 Å². The van der Waals surface area contributed by atoms with Gasteiger partial charge < -0.3 is 10.1 Å². The number of benzene rings is 2. The van der Waals surface area contributed by atoms with Crippen LogP contribution >= 0.6 is 0 Å². The summed E-state index contributed by atoms with van der Waals surface area (Å²) in [6.07, 6.45) is -1.76. The maximum Gasteiger partial charge on any atom is 0.416 e. The molecule has 0 unspecified atom stereocenters. The Labute approximate surface area is 185 Å². The fourth-order valence-electron chi connectivity index (χ4n) is 3.61. The van der Waals surface area contributed by atoms with Gasteiger partial charge in [-0.05, 0) is 61.2 Å². The van der Waals surface area contributed by atoms with Gasteiger partial charge in [-0.3, -0.25) is 4.79 Å². The molecular weight excluding hydrogens is 445 g/mol. The molecule has 0 radical (unpaired) electrons. The van der Waals surface area contributed by atoms with E-state index in [1.165, 1.54) is 35.7 Å². The number of halogens is 3. The molecule has 1 aliphatic heterocycles. The first-order valence-corrected chi connectivity index (χ1v) is 11.7. The predicted molar refractivity (Wildman–Crippen MR) is 114 cm³/mol. The molecule has 0 aromatic heterocycles. The molecule has 1 heterocycles. The van der Waals surface area contributed by atoms with Crippen LogP contribution in [0.1, 0.15) is 36.8 Å². The second kappa shape index (κ2) is 9.91. The molecule has 32 heavy (non-hydrogen) atoms. The zero-order chi connectivity index (χ0) is 23.4. The second-order valence-corrected chi connectivity index (χ2v) is 9.50. The highest BCUT2D eigenvalue weighted by molar-refractivity contribution is 7.89. The van der Waals surface area contributed by atoms with E-state index < -0.39 is 27.7 Å². The molecule has 0 spiro atoms. The molecule has 1 N–H and O–H groups in total. The number of aryl methyl sites for hydroxylation is 1. The number of methoxy groups -OCH3 is 1. The van der Waals surface area contributed by atoms with E-state index in [1.807, 2.05) is 0 Å². The molecule has 1 saturated heterocycles. The largest absolute Gasteiger partial charge is 0.496 e. The van der Waals surface area contributed by atoms with Gasteiger partial charge in [0.2, 0.25) is 15.9 Å². The van der Waals surface area contributed by atoms with Crippen molar-refractivity contribution in [1.29, 1.82) is 0 Å². The van der Waals surface area contributed by atoms with Crippen LogP contribution in [0.3, 0.4) is 0 Å². The van der Waals surface area contributed by atoms with Crippen molar-refractivity contribution >= 4 is 21.6 Å². The molecule has 1 amide bonds. The van der Waals surface area contributed by atoms with Gasteiger partial charge in [0.1, 0.15) is 5.75 Å². The van der Waals surface area contributed by atoms with E-state index in [0.717, 1.165) is 31.4 Å². The van der Waals surface area contributed by atoms with Crippen molar-refractivity contribution in [3.8, 4) is 5.75 Å². The summed E-state index contributed by atoms with van der Waals surface area (Å²) >= 11 is 0. The van der Waals surface area contributed by atoms with E-state index in [-0.39, 0.29) is 23.4 Å². The minimum Gasteiger partial charge on any atom is -0.496 e. The molecular formula is C22H25F3N2O4S. The summed E-state index contributed by atoms with van der Waals surface area (Å²) in [6.45, 7) is 0.951. The average molecular weight is 471 g/mol. The SMILES string of the molecule is COc1ccc(S(=O)(=O)N2CCCCC2)cc1CCC(=O)Nc1cccc(C(F)(F)F)c1. The van der Waals surface area contributed by atoms with Crippen LogP contribution in [0.5, 0.6) is 5.75 Å². The molecule has 0 saturated carbocycles. The number of carbonyl (C=O) groups excluding carboxylic acids is 1. The number of nitrogens with one attached hydrogen (secondary N) is 1. The van der Waals surface area contributed by atoms with Gasteiger partial charge in [0, 0.05) is 25.2 Å². The lowest BCUT2D eigenvalue weighted by atomic mass is 10.1. The van der Waals surface area contributed by atoms with E-state index >= 15 is 0 Å². The summed E-state index contributed by atoms with van der Waals surface area (Å²) in [5.41, 5.74) is -0.282. The van der Waals surface area contributed by atoms with Crippen molar-refractivity contribution in [2.75, 3.05) is 25.5 Å². The smallest absolute Gasteiger partial charge is 0.416 e. The molecule has 6 nitrogen and oxygen atoms in total. The van der Waals surface area contributed by atoms with Gasteiger partial charge in [-0.25, -0.2) is 8.42 Å². The van der Waals surface area contributed by atoms with Crippen molar-refractivity contribution in [2.24, 2.45) is 0 Å². The Balaban J connectivity index is 1.71. The van der Waals surface area contributed by atoms with Gasteiger partial charge in [-0.1, -0.05) is 12.5 Å². The lowest BCUT2D eigenvalue weighted by molar-refractivity contribution is -0.137. The highest BCUT2D eigenvalue weighted by atomic mass is 32.2. The minimum atomic E-state index is -4.51. The van der Waals surface area contributed by atoms with Gasteiger partial charge in [-0.2, -0.15) is 17.5 Å². The average Bonchev–Trinajstić information content (AvgIpc) is 2.77. The maximum absolute atomic E-state index is 12.9. The zero-order valence-corrected chi connectivity index (χ0v) is 18.4. The van der Waals surface area contributed by atoms with Crippen LogP contribution < -0.4 is 10.1 Å². The highest BCUT2D eigenvalue weighted by Crippen LogP contribution is 2.31.